The molecule has 2 N–H and O–H groups in total. The van der Waals surface area contributed by atoms with Crippen molar-refractivity contribution in [1.82, 2.24) is 14.8 Å². The van der Waals surface area contributed by atoms with E-state index in [-0.39, 0.29) is 12.4 Å². The molecule has 7 nitrogen and oxygen atoms in total. The molecular formula is C23H34ClN5O2. The predicted octanol–water partition coefficient (Wildman–Crippen LogP) is 3.26. The Labute approximate surface area is 190 Å². The Morgan fingerprint density at radius 1 is 1.19 bits per heavy atom. The third kappa shape index (κ3) is 4.03. The molecule has 0 saturated carbocycles. The maximum Gasteiger partial charge on any atom is 0.298 e. The quantitative estimate of drug-likeness (QED) is 0.774. The lowest BCUT2D eigenvalue weighted by Gasteiger charge is -2.52. The number of hydrogen-bond donors (Lipinski definition) is 1. The summed E-state index contributed by atoms with van der Waals surface area (Å²) < 4.78 is 6.07. The Bertz CT molecular complexity index is 920. The summed E-state index contributed by atoms with van der Waals surface area (Å²) in [6, 6.07) is 8.54. The standard InChI is InChI=1S/C23H33N5O2.ClH/c1-3-15-14-27(18-12-16-6-4-7-17(13-18)26(16)2)10-11-28(15)23-25-21-19(22(24)29)8-5-9-20(21)30-23;/h5,8-9,15-18H,3-4,6-7,10-14H2,1-2H3,(H2,24,29);1H/t15-,16?,17?,18?;/m0./s1. The minimum Gasteiger partial charge on any atom is -0.423 e. The van der Waals surface area contributed by atoms with Gasteiger partial charge in [-0.1, -0.05) is 19.4 Å². The second-order valence-electron chi connectivity index (χ2n) is 9.29. The van der Waals surface area contributed by atoms with Gasteiger partial charge < -0.3 is 20.0 Å². The highest BCUT2D eigenvalue weighted by atomic mass is 35.5. The summed E-state index contributed by atoms with van der Waals surface area (Å²) in [5.41, 5.74) is 7.15. The Morgan fingerprint density at radius 2 is 1.94 bits per heavy atom. The molecule has 3 fully saturated rings. The normalized spacial score (nSPS) is 29.7. The van der Waals surface area contributed by atoms with E-state index in [2.05, 4.69) is 33.7 Å². The number of anilines is 1. The van der Waals surface area contributed by atoms with E-state index < -0.39 is 5.91 Å². The number of piperazine rings is 1. The number of primary amides is 1. The fourth-order valence-corrected chi connectivity index (χ4v) is 5.96. The van der Waals surface area contributed by atoms with E-state index in [1.54, 1.807) is 12.1 Å². The van der Waals surface area contributed by atoms with Crippen molar-refractivity contribution < 1.29 is 9.21 Å². The van der Waals surface area contributed by atoms with Crippen molar-refractivity contribution in [2.75, 3.05) is 31.6 Å². The maximum atomic E-state index is 11.8. The van der Waals surface area contributed by atoms with Crippen molar-refractivity contribution >= 4 is 35.4 Å². The first-order chi connectivity index (χ1) is 14.5. The third-order valence-electron chi connectivity index (χ3n) is 7.74. The number of aromatic nitrogens is 1. The number of benzene rings is 1. The van der Waals surface area contributed by atoms with Crippen LogP contribution in [-0.4, -0.2) is 71.5 Å². The second-order valence-corrected chi connectivity index (χ2v) is 9.29. The highest BCUT2D eigenvalue weighted by Gasteiger charge is 2.40. The number of nitrogens with zero attached hydrogens (tertiary/aromatic N) is 4. The zero-order chi connectivity index (χ0) is 20.8. The number of para-hydroxylation sites is 1. The maximum absolute atomic E-state index is 11.8. The lowest BCUT2D eigenvalue weighted by Crippen LogP contribution is -2.61. The first-order valence-corrected chi connectivity index (χ1v) is 11.5. The largest absolute Gasteiger partial charge is 0.423 e. The first kappa shape index (κ1) is 22.4. The van der Waals surface area contributed by atoms with Gasteiger partial charge in [-0.2, -0.15) is 4.98 Å². The van der Waals surface area contributed by atoms with E-state index in [0.717, 1.165) is 38.1 Å². The van der Waals surface area contributed by atoms with Crippen molar-refractivity contribution in [3.63, 3.8) is 0 Å². The number of carbonyl (C=O) groups excluding carboxylic acids is 1. The molecule has 0 aliphatic carbocycles. The summed E-state index contributed by atoms with van der Waals surface area (Å²) in [6.07, 6.45) is 7.74. The van der Waals surface area contributed by atoms with Crippen LogP contribution in [0.4, 0.5) is 6.01 Å². The molecule has 5 rings (SSSR count). The number of fused-ring (bicyclic) bond motifs is 3. The molecule has 3 atom stereocenters. The van der Waals surface area contributed by atoms with Crippen molar-refractivity contribution in [3.05, 3.63) is 23.8 Å². The van der Waals surface area contributed by atoms with Gasteiger partial charge in [0.25, 0.3) is 11.9 Å². The molecule has 0 spiro atoms. The molecule has 4 heterocycles. The third-order valence-corrected chi connectivity index (χ3v) is 7.74. The Kier molecular flexibility index (Phi) is 6.47. The molecule has 8 heteroatoms. The van der Waals surface area contributed by atoms with Crippen LogP contribution >= 0.6 is 12.4 Å². The smallest absolute Gasteiger partial charge is 0.298 e. The molecule has 2 bridgehead atoms. The van der Waals surface area contributed by atoms with Crippen LogP contribution in [-0.2, 0) is 0 Å². The van der Waals surface area contributed by atoms with Gasteiger partial charge in [0.1, 0.15) is 5.52 Å². The molecule has 1 aromatic carbocycles. The second kappa shape index (κ2) is 8.96. The average molecular weight is 448 g/mol. The predicted molar refractivity (Wildman–Crippen MR) is 125 cm³/mol. The summed E-state index contributed by atoms with van der Waals surface area (Å²) >= 11 is 0. The molecule has 0 radical (unpaired) electrons. The lowest BCUT2D eigenvalue weighted by atomic mass is 9.81. The Hall–Kier alpha value is -1.83. The van der Waals surface area contributed by atoms with Crippen molar-refractivity contribution in [2.45, 2.75) is 69.6 Å². The SMILES string of the molecule is CC[C@H]1CN(C2CC3CCCC(C2)N3C)CCN1c1nc2c(C(N)=O)cccc2o1.Cl. The number of piperidine rings is 2. The number of nitrogens with two attached hydrogens (primary N) is 1. The molecule has 1 aromatic heterocycles. The van der Waals surface area contributed by atoms with Gasteiger partial charge >= 0.3 is 0 Å². The van der Waals surface area contributed by atoms with Gasteiger partial charge in [0.15, 0.2) is 5.58 Å². The Balaban J connectivity index is 0.00000231. The topological polar surface area (TPSA) is 78.8 Å². The number of oxazole rings is 1. The molecule has 3 aliphatic heterocycles. The summed E-state index contributed by atoms with van der Waals surface area (Å²) in [5, 5.41) is 0. The van der Waals surface area contributed by atoms with E-state index in [1.807, 2.05) is 6.07 Å². The van der Waals surface area contributed by atoms with Gasteiger partial charge in [-0.3, -0.25) is 9.69 Å². The summed E-state index contributed by atoms with van der Waals surface area (Å²) in [5.74, 6) is -0.467. The summed E-state index contributed by atoms with van der Waals surface area (Å²) in [7, 11) is 2.32. The van der Waals surface area contributed by atoms with Gasteiger partial charge in [-0.05, 0) is 51.3 Å². The van der Waals surface area contributed by atoms with Gasteiger partial charge in [0.05, 0.1) is 5.56 Å². The fraction of sp³-hybridized carbons (Fsp3) is 0.652. The molecule has 1 amide bonds. The fourth-order valence-electron chi connectivity index (χ4n) is 5.96. The summed E-state index contributed by atoms with van der Waals surface area (Å²) in [4.78, 5) is 24.1. The number of carbonyl (C=O) groups is 1. The van der Waals surface area contributed by atoms with Gasteiger partial charge in [-0.15, -0.1) is 12.4 Å². The van der Waals surface area contributed by atoms with Gasteiger partial charge in [0.2, 0.25) is 0 Å². The minimum atomic E-state index is -0.467. The zero-order valence-corrected chi connectivity index (χ0v) is 19.3. The van der Waals surface area contributed by atoms with Crippen LogP contribution in [0, 0.1) is 0 Å². The van der Waals surface area contributed by atoms with Gasteiger partial charge in [0, 0.05) is 43.8 Å². The molecule has 3 saturated heterocycles. The van der Waals surface area contributed by atoms with Crippen LogP contribution in [0.2, 0.25) is 0 Å². The molecule has 170 valence electrons. The Morgan fingerprint density at radius 3 is 2.61 bits per heavy atom. The molecule has 2 unspecified atom stereocenters. The number of halogens is 1. The minimum absolute atomic E-state index is 0. The van der Waals surface area contributed by atoms with Crippen LogP contribution in [0.1, 0.15) is 55.8 Å². The van der Waals surface area contributed by atoms with Crippen molar-refractivity contribution in [3.8, 4) is 0 Å². The van der Waals surface area contributed by atoms with Crippen LogP contribution in [0.5, 0.6) is 0 Å². The number of rotatable bonds is 4. The average Bonchev–Trinajstić information content (AvgIpc) is 3.17. The first-order valence-electron chi connectivity index (χ1n) is 11.5. The van der Waals surface area contributed by atoms with Crippen LogP contribution in [0.25, 0.3) is 11.1 Å². The highest BCUT2D eigenvalue weighted by Crippen LogP contribution is 2.36. The van der Waals surface area contributed by atoms with Crippen LogP contribution < -0.4 is 10.6 Å². The van der Waals surface area contributed by atoms with Crippen molar-refractivity contribution in [2.24, 2.45) is 5.73 Å². The molecular weight excluding hydrogens is 414 g/mol. The number of amides is 1. The lowest BCUT2D eigenvalue weighted by molar-refractivity contribution is 0.00289. The molecule has 2 aromatic rings. The van der Waals surface area contributed by atoms with E-state index in [9.17, 15) is 4.79 Å². The van der Waals surface area contributed by atoms with E-state index in [4.69, 9.17) is 10.2 Å². The summed E-state index contributed by atoms with van der Waals surface area (Å²) in [6.45, 7) is 5.22. The highest BCUT2D eigenvalue weighted by molar-refractivity contribution is 6.03. The monoisotopic (exact) mass is 447 g/mol. The van der Waals surface area contributed by atoms with E-state index >= 15 is 0 Å². The number of hydrogen-bond acceptors (Lipinski definition) is 6. The molecule has 3 aliphatic rings. The van der Waals surface area contributed by atoms with E-state index in [1.165, 1.54) is 32.1 Å². The molecule has 31 heavy (non-hydrogen) atoms. The van der Waals surface area contributed by atoms with Crippen LogP contribution in [0.15, 0.2) is 22.6 Å². The van der Waals surface area contributed by atoms with E-state index in [0.29, 0.717) is 34.8 Å². The zero-order valence-electron chi connectivity index (χ0n) is 18.5. The van der Waals surface area contributed by atoms with Crippen molar-refractivity contribution in [1.29, 1.82) is 0 Å². The van der Waals surface area contributed by atoms with Crippen LogP contribution in [0.3, 0.4) is 0 Å². The van der Waals surface area contributed by atoms with Gasteiger partial charge in [-0.25, -0.2) is 0 Å².